The van der Waals surface area contributed by atoms with Gasteiger partial charge in [0.2, 0.25) is 11.8 Å². The van der Waals surface area contributed by atoms with E-state index >= 15 is 0 Å². The fourth-order valence-electron chi connectivity index (χ4n) is 0.617. The monoisotopic (exact) mass is 146 g/mol. The fraction of sp³-hybridized carbons (Fsp3) is 0.667. The Kier molecular flexibility index (Phi) is 4.28. The van der Waals surface area contributed by atoms with Gasteiger partial charge in [-0.2, -0.15) is 0 Å². The first-order valence-electron chi connectivity index (χ1n) is 2.97. The second-order valence-corrected chi connectivity index (χ2v) is 1.57. The smallest absolute Gasteiger partial charge is 0.248 e. The molecule has 0 atom stereocenters. The lowest BCUT2D eigenvalue weighted by Gasteiger charge is -2.10. The maximum absolute atomic E-state index is 4.92. The van der Waals surface area contributed by atoms with Crippen molar-refractivity contribution in [1.82, 2.24) is 10.6 Å². The van der Waals surface area contributed by atoms with Crippen LogP contribution in [0.1, 0.15) is 0 Å². The molecule has 0 aliphatic carbocycles. The number of nitrogens with one attached hydrogen (secondary N) is 2. The molecule has 10 heavy (non-hydrogen) atoms. The van der Waals surface area contributed by atoms with Gasteiger partial charge in [-0.05, 0) is 0 Å². The topological polar surface area (TPSA) is 42.5 Å². The van der Waals surface area contributed by atoms with Gasteiger partial charge in [-0.15, -0.1) is 0 Å². The van der Waals surface area contributed by atoms with Gasteiger partial charge in [0.15, 0.2) is 0 Å². The normalized spacial score (nSPS) is 11.6. The zero-order valence-corrected chi connectivity index (χ0v) is 6.82. The lowest BCUT2D eigenvalue weighted by Crippen LogP contribution is -2.19. The van der Waals surface area contributed by atoms with Crippen LogP contribution in [0.2, 0.25) is 0 Å². The van der Waals surface area contributed by atoms with Crippen molar-refractivity contribution in [3.63, 3.8) is 0 Å². The molecule has 0 saturated heterocycles. The average Bonchev–Trinajstić information content (AvgIpc) is 2.00. The minimum atomic E-state index is 0.588. The van der Waals surface area contributed by atoms with Gasteiger partial charge in [0.05, 0.1) is 14.2 Å². The maximum Gasteiger partial charge on any atom is 0.248 e. The van der Waals surface area contributed by atoms with Crippen LogP contribution in [0, 0.1) is 0 Å². The van der Waals surface area contributed by atoms with E-state index < -0.39 is 0 Å². The van der Waals surface area contributed by atoms with Crippen molar-refractivity contribution in [2.24, 2.45) is 0 Å². The minimum Gasteiger partial charge on any atom is -0.479 e. The summed E-state index contributed by atoms with van der Waals surface area (Å²) in [7, 11) is 6.66. The largest absolute Gasteiger partial charge is 0.479 e. The molecule has 0 amide bonds. The SMILES string of the molecule is CN/C(OC)=C(\NC)OC. The Hall–Kier alpha value is -1.06. The molecule has 0 aliphatic heterocycles. The lowest BCUT2D eigenvalue weighted by atomic mass is 10.7. The molecule has 0 aromatic heterocycles. The molecule has 2 N–H and O–H groups in total. The third kappa shape index (κ3) is 2.05. The summed E-state index contributed by atoms with van der Waals surface area (Å²) < 4.78 is 9.85. The predicted molar refractivity (Wildman–Crippen MR) is 39.2 cm³/mol. The van der Waals surface area contributed by atoms with E-state index in [2.05, 4.69) is 10.6 Å². The molecule has 0 aliphatic rings. The average molecular weight is 146 g/mol. The fourth-order valence-corrected chi connectivity index (χ4v) is 0.617. The maximum atomic E-state index is 4.92. The Bertz CT molecular complexity index is 96.9. The van der Waals surface area contributed by atoms with E-state index in [1.54, 1.807) is 28.3 Å². The van der Waals surface area contributed by atoms with Crippen LogP contribution in [0.4, 0.5) is 0 Å². The first kappa shape index (κ1) is 8.94. The molecular weight excluding hydrogens is 132 g/mol. The van der Waals surface area contributed by atoms with Crippen molar-refractivity contribution in [3.8, 4) is 0 Å². The second-order valence-electron chi connectivity index (χ2n) is 1.57. The number of rotatable bonds is 4. The van der Waals surface area contributed by atoms with Crippen LogP contribution in [0.3, 0.4) is 0 Å². The highest BCUT2D eigenvalue weighted by Gasteiger charge is 2.01. The molecule has 0 aromatic rings. The van der Waals surface area contributed by atoms with Crippen LogP contribution >= 0.6 is 0 Å². The lowest BCUT2D eigenvalue weighted by molar-refractivity contribution is 0.192. The van der Waals surface area contributed by atoms with Crippen molar-refractivity contribution >= 4 is 0 Å². The van der Waals surface area contributed by atoms with E-state index in [-0.39, 0.29) is 0 Å². The van der Waals surface area contributed by atoms with E-state index in [1.807, 2.05) is 0 Å². The Labute approximate surface area is 61.2 Å². The molecule has 0 heterocycles. The van der Waals surface area contributed by atoms with Gasteiger partial charge in [-0.3, -0.25) is 0 Å². The Morgan fingerprint density at radius 1 is 0.900 bits per heavy atom. The molecule has 0 rings (SSSR count). The van der Waals surface area contributed by atoms with Crippen LogP contribution < -0.4 is 10.6 Å². The highest BCUT2D eigenvalue weighted by Crippen LogP contribution is 1.96. The van der Waals surface area contributed by atoms with Gasteiger partial charge in [0.1, 0.15) is 0 Å². The Balaban J connectivity index is 4.20. The number of hydrogen-bond acceptors (Lipinski definition) is 4. The summed E-state index contributed by atoms with van der Waals surface area (Å²) in [5.74, 6) is 1.18. The van der Waals surface area contributed by atoms with Gasteiger partial charge in [-0.1, -0.05) is 0 Å². The van der Waals surface area contributed by atoms with E-state index in [4.69, 9.17) is 9.47 Å². The Morgan fingerprint density at radius 3 is 1.30 bits per heavy atom. The third-order valence-electron chi connectivity index (χ3n) is 1.07. The highest BCUT2D eigenvalue weighted by atomic mass is 16.5. The zero-order chi connectivity index (χ0) is 7.98. The molecule has 0 fully saturated rings. The molecule has 0 spiro atoms. The van der Waals surface area contributed by atoms with Gasteiger partial charge < -0.3 is 20.1 Å². The van der Waals surface area contributed by atoms with Crippen molar-refractivity contribution < 1.29 is 9.47 Å². The number of hydrogen-bond donors (Lipinski definition) is 2. The quantitative estimate of drug-likeness (QED) is 0.541. The molecule has 0 bridgehead atoms. The number of methoxy groups -OCH3 is 2. The summed E-state index contributed by atoms with van der Waals surface area (Å²) in [6, 6.07) is 0. The zero-order valence-electron chi connectivity index (χ0n) is 6.82. The van der Waals surface area contributed by atoms with Crippen molar-refractivity contribution in [1.29, 1.82) is 0 Å². The molecule has 0 aromatic carbocycles. The molecule has 0 saturated carbocycles. The molecule has 0 unspecified atom stereocenters. The van der Waals surface area contributed by atoms with Crippen LogP contribution in [0.15, 0.2) is 11.8 Å². The Morgan fingerprint density at radius 2 is 1.20 bits per heavy atom. The first-order chi connectivity index (χ1) is 4.79. The minimum absolute atomic E-state index is 0.588. The van der Waals surface area contributed by atoms with E-state index in [0.717, 1.165) is 0 Å². The second kappa shape index (κ2) is 4.78. The predicted octanol–water partition coefficient (Wildman–Crippen LogP) is -0.155. The van der Waals surface area contributed by atoms with Crippen molar-refractivity contribution in [2.45, 2.75) is 0 Å². The summed E-state index contributed by atoms with van der Waals surface area (Å²) in [6.07, 6.45) is 0. The van der Waals surface area contributed by atoms with Crippen molar-refractivity contribution in [2.75, 3.05) is 28.3 Å². The van der Waals surface area contributed by atoms with Crippen molar-refractivity contribution in [3.05, 3.63) is 11.8 Å². The van der Waals surface area contributed by atoms with Crippen LogP contribution in [0.5, 0.6) is 0 Å². The summed E-state index contributed by atoms with van der Waals surface area (Å²) >= 11 is 0. The molecular formula is C6H14N2O2. The number of ether oxygens (including phenoxy) is 2. The van der Waals surface area contributed by atoms with Gasteiger partial charge in [0, 0.05) is 14.1 Å². The highest BCUT2D eigenvalue weighted by molar-refractivity contribution is 4.95. The van der Waals surface area contributed by atoms with Crippen LogP contribution in [-0.2, 0) is 9.47 Å². The molecule has 60 valence electrons. The standard InChI is InChI=1S/C6H14N2O2/c1-7-5(9-3)6(8-2)10-4/h7-8H,1-4H3/b6-5-. The van der Waals surface area contributed by atoms with Gasteiger partial charge in [-0.25, -0.2) is 0 Å². The van der Waals surface area contributed by atoms with Crippen LogP contribution in [-0.4, -0.2) is 28.3 Å². The summed E-state index contributed by atoms with van der Waals surface area (Å²) in [5, 5.41) is 5.65. The first-order valence-corrected chi connectivity index (χ1v) is 2.97. The van der Waals surface area contributed by atoms with Crippen LogP contribution in [0.25, 0.3) is 0 Å². The molecule has 4 nitrogen and oxygen atoms in total. The summed E-state index contributed by atoms with van der Waals surface area (Å²) in [4.78, 5) is 0. The van der Waals surface area contributed by atoms with E-state index in [9.17, 15) is 0 Å². The van der Waals surface area contributed by atoms with Gasteiger partial charge >= 0.3 is 0 Å². The molecule has 0 radical (unpaired) electrons. The van der Waals surface area contributed by atoms with E-state index in [0.29, 0.717) is 11.8 Å². The van der Waals surface area contributed by atoms with Gasteiger partial charge in [0.25, 0.3) is 0 Å². The molecule has 4 heteroatoms. The van der Waals surface area contributed by atoms with E-state index in [1.165, 1.54) is 0 Å². The third-order valence-corrected chi connectivity index (χ3v) is 1.07. The summed E-state index contributed by atoms with van der Waals surface area (Å²) in [6.45, 7) is 0. The summed E-state index contributed by atoms with van der Waals surface area (Å²) in [5.41, 5.74) is 0.